The third-order valence-corrected chi connectivity index (χ3v) is 9.10. The number of halogens is 2. The van der Waals surface area contributed by atoms with Crippen molar-refractivity contribution in [3.8, 4) is 11.1 Å². The number of piperazine rings is 1. The van der Waals surface area contributed by atoms with Crippen LogP contribution in [0.15, 0.2) is 36.4 Å². The first-order chi connectivity index (χ1) is 18.9. The van der Waals surface area contributed by atoms with Crippen LogP contribution >= 0.6 is 23.2 Å². The van der Waals surface area contributed by atoms with Gasteiger partial charge in [-0.2, -0.15) is 0 Å². The number of amides is 3. The second-order valence-electron chi connectivity index (χ2n) is 10.8. The summed E-state index contributed by atoms with van der Waals surface area (Å²) in [5.74, 6) is 0.0959. The van der Waals surface area contributed by atoms with E-state index in [0.717, 1.165) is 42.5 Å². The minimum absolute atomic E-state index is 0.0685. The normalized spacial score (nSPS) is 20.4. The molecular weight excluding hydrogens is 537 g/mol. The van der Waals surface area contributed by atoms with Crippen molar-refractivity contribution in [3.05, 3.63) is 57.6 Å². The first kappa shape index (κ1) is 27.8. The first-order valence-corrected chi connectivity index (χ1v) is 14.6. The van der Waals surface area contributed by atoms with Crippen LogP contribution in [0.5, 0.6) is 0 Å². The third-order valence-electron chi connectivity index (χ3n) is 8.42. The first-order valence-electron chi connectivity index (χ1n) is 13.9. The lowest BCUT2D eigenvalue weighted by atomic mass is 9.93. The van der Waals surface area contributed by atoms with E-state index in [4.69, 9.17) is 27.9 Å². The van der Waals surface area contributed by atoms with E-state index in [9.17, 15) is 14.4 Å². The number of hydrogen-bond acceptors (Lipinski definition) is 4. The van der Waals surface area contributed by atoms with Gasteiger partial charge in [0, 0.05) is 60.3 Å². The van der Waals surface area contributed by atoms with Crippen molar-refractivity contribution >= 4 is 41.1 Å². The molecule has 3 fully saturated rings. The average molecular weight is 573 g/mol. The van der Waals surface area contributed by atoms with E-state index in [1.807, 2.05) is 24.3 Å². The van der Waals surface area contributed by atoms with Crippen molar-refractivity contribution < 1.29 is 19.1 Å². The summed E-state index contributed by atoms with van der Waals surface area (Å²) in [4.78, 5) is 43.3. The van der Waals surface area contributed by atoms with E-state index in [-0.39, 0.29) is 23.8 Å². The number of hydrogen-bond donors (Lipinski definition) is 0. The molecule has 0 spiro atoms. The molecule has 1 saturated carbocycles. The molecule has 3 aliphatic rings. The van der Waals surface area contributed by atoms with Crippen molar-refractivity contribution in [2.45, 2.75) is 51.0 Å². The fourth-order valence-corrected chi connectivity index (χ4v) is 6.77. The van der Waals surface area contributed by atoms with Crippen LogP contribution in [0.2, 0.25) is 10.0 Å². The molecule has 9 heteroatoms. The number of nitrogens with zero attached hydrogens (tertiary/aromatic N) is 3. The van der Waals surface area contributed by atoms with Crippen molar-refractivity contribution in [1.82, 2.24) is 14.7 Å². The topological polar surface area (TPSA) is 70.2 Å². The molecule has 1 aliphatic carbocycles. The number of methoxy groups -OCH3 is 1. The number of benzene rings is 2. The Kier molecular flexibility index (Phi) is 8.67. The van der Waals surface area contributed by atoms with Crippen LogP contribution < -0.4 is 0 Å². The molecule has 2 saturated heterocycles. The maximum Gasteiger partial charge on any atom is 0.409 e. The Morgan fingerprint density at radius 1 is 0.846 bits per heavy atom. The lowest BCUT2D eigenvalue weighted by Crippen LogP contribution is -2.50. The summed E-state index contributed by atoms with van der Waals surface area (Å²) in [5, 5.41) is 1.12. The minimum Gasteiger partial charge on any atom is -0.453 e. The third kappa shape index (κ3) is 6.04. The summed E-state index contributed by atoms with van der Waals surface area (Å²) in [6.07, 6.45) is 6.95. The van der Waals surface area contributed by atoms with Crippen molar-refractivity contribution in [1.29, 1.82) is 0 Å². The minimum atomic E-state index is -0.369. The largest absolute Gasteiger partial charge is 0.453 e. The number of rotatable bonds is 5. The van der Waals surface area contributed by atoms with Gasteiger partial charge in [-0.25, -0.2) is 4.79 Å². The molecule has 5 rings (SSSR count). The molecule has 0 aromatic heterocycles. The maximum absolute atomic E-state index is 13.2. The summed E-state index contributed by atoms with van der Waals surface area (Å²) < 4.78 is 4.76. The van der Waals surface area contributed by atoms with Crippen molar-refractivity contribution in [2.75, 3.05) is 39.8 Å². The number of carbonyl (C=O) groups excluding carboxylic acids is 3. The molecule has 2 aromatic rings. The van der Waals surface area contributed by atoms with Crippen LogP contribution in [0.3, 0.4) is 0 Å². The van der Waals surface area contributed by atoms with Crippen LogP contribution in [0.1, 0.15) is 54.4 Å². The molecule has 39 heavy (non-hydrogen) atoms. The highest BCUT2D eigenvalue weighted by atomic mass is 35.5. The highest BCUT2D eigenvalue weighted by Crippen LogP contribution is 2.36. The molecular formula is C30H35Cl2N3O4. The molecule has 0 radical (unpaired) electrons. The van der Waals surface area contributed by atoms with Gasteiger partial charge < -0.3 is 19.4 Å². The number of ether oxygens (including phenoxy) is 1. The second-order valence-corrected chi connectivity index (χ2v) is 11.6. The summed E-state index contributed by atoms with van der Waals surface area (Å²) in [6, 6.07) is 11.6. The number of likely N-dealkylation sites (tertiary alicyclic amines) is 1. The van der Waals surface area contributed by atoms with Gasteiger partial charge in [-0.05, 0) is 66.6 Å². The van der Waals surface area contributed by atoms with E-state index in [0.29, 0.717) is 54.3 Å². The second kappa shape index (κ2) is 12.2. The SMILES string of the molecule is COC(=O)N1CCN(C(=O)c2ccc(-c3cc(Cl)c(CC4CCN(C5CCCCC5)C4=O)c(Cl)c3)cc2)CC1. The standard InChI is InChI=1S/C30H35Cl2N3O4/c1-39-30(38)34-15-13-33(14-16-34)28(36)21-9-7-20(8-10-21)23-18-26(31)25(27(32)19-23)17-22-11-12-35(29(22)37)24-5-3-2-4-6-24/h7-10,18-19,22,24H,2-6,11-17H2,1H3. The summed E-state index contributed by atoms with van der Waals surface area (Å²) in [7, 11) is 1.36. The van der Waals surface area contributed by atoms with Crippen LogP contribution in [0.4, 0.5) is 4.79 Å². The highest BCUT2D eigenvalue weighted by molar-refractivity contribution is 6.36. The Morgan fingerprint density at radius 2 is 1.46 bits per heavy atom. The van der Waals surface area contributed by atoms with Gasteiger partial charge in [0.15, 0.2) is 0 Å². The summed E-state index contributed by atoms with van der Waals surface area (Å²) in [6.45, 7) is 2.65. The zero-order valence-electron chi connectivity index (χ0n) is 22.3. The average Bonchev–Trinajstić information content (AvgIpc) is 3.34. The molecule has 0 bridgehead atoms. The number of carbonyl (C=O) groups is 3. The van der Waals surface area contributed by atoms with Gasteiger partial charge >= 0.3 is 6.09 Å². The molecule has 7 nitrogen and oxygen atoms in total. The summed E-state index contributed by atoms with van der Waals surface area (Å²) >= 11 is 13.4. The monoisotopic (exact) mass is 571 g/mol. The van der Waals surface area contributed by atoms with Crippen LogP contribution in [0.25, 0.3) is 11.1 Å². The molecule has 0 N–H and O–H groups in total. The van der Waals surface area contributed by atoms with E-state index in [1.54, 1.807) is 21.9 Å². The van der Waals surface area contributed by atoms with Crippen molar-refractivity contribution in [3.63, 3.8) is 0 Å². The van der Waals surface area contributed by atoms with Crippen LogP contribution in [0, 0.1) is 5.92 Å². The quantitative estimate of drug-likeness (QED) is 0.447. The Morgan fingerprint density at radius 3 is 2.08 bits per heavy atom. The molecule has 2 heterocycles. The van der Waals surface area contributed by atoms with Gasteiger partial charge in [-0.3, -0.25) is 9.59 Å². The van der Waals surface area contributed by atoms with E-state index in [2.05, 4.69) is 4.90 Å². The van der Waals surface area contributed by atoms with E-state index < -0.39 is 0 Å². The smallest absolute Gasteiger partial charge is 0.409 e. The maximum atomic E-state index is 13.2. The van der Waals surface area contributed by atoms with E-state index in [1.165, 1.54) is 26.4 Å². The Balaban J connectivity index is 1.23. The Labute approximate surface area is 240 Å². The van der Waals surface area contributed by atoms with Crippen LogP contribution in [-0.4, -0.2) is 78.5 Å². The van der Waals surface area contributed by atoms with Gasteiger partial charge in [-0.1, -0.05) is 54.6 Å². The zero-order chi connectivity index (χ0) is 27.5. The van der Waals surface area contributed by atoms with E-state index >= 15 is 0 Å². The van der Waals surface area contributed by atoms with Gasteiger partial charge in [-0.15, -0.1) is 0 Å². The Hall–Kier alpha value is -2.77. The van der Waals surface area contributed by atoms with Gasteiger partial charge in [0.2, 0.25) is 5.91 Å². The molecule has 1 atom stereocenters. The van der Waals surface area contributed by atoms with Gasteiger partial charge in [0.05, 0.1) is 7.11 Å². The van der Waals surface area contributed by atoms with Gasteiger partial charge in [0.1, 0.15) is 0 Å². The molecule has 1 unspecified atom stereocenters. The molecule has 2 aliphatic heterocycles. The Bertz CT molecular complexity index is 1200. The molecule has 2 aromatic carbocycles. The lowest BCUT2D eigenvalue weighted by Gasteiger charge is -2.33. The molecule has 3 amide bonds. The predicted molar refractivity (Wildman–Crippen MR) is 152 cm³/mol. The predicted octanol–water partition coefficient (Wildman–Crippen LogP) is 5.91. The van der Waals surface area contributed by atoms with Crippen LogP contribution in [-0.2, 0) is 16.0 Å². The fraction of sp³-hybridized carbons (Fsp3) is 0.500. The molecule has 208 valence electrons. The summed E-state index contributed by atoms with van der Waals surface area (Å²) in [5.41, 5.74) is 3.17. The fourth-order valence-electron chi connectivity index (χ4n) is 6.13. The van der Waals surface area contributed by atoms with Gasteiger partial charge in [0.25, 0.3) is 5.91 Å². The highest BCUT2D eigenvalue weighted by Gasteiger charge is 2.36. The lowest BCUT2D eigenvalue weighted by molar-refractivity contribution is -0.133. The zero-order valence-corrected chi connectivity index (χ0v) is 23.8. The van der Waals surface area contributed by atoms with Crippen molar-refractivity contribution in [2.24, 2.45) is 5.92 Å².